The van der Waals surface area contributed by atoms with E-state index in [4.69, 9.17) is 27.9 Å². The zero-order valence-corrected chi connectivity index (χ0v) is 15.9. The van der Waals surface area contributed by atoms with Gasteiger partial charge in [0.15, 0.2) is 0 Å². The highest BCUT2D eigenvalue weighted by Gasteiger charge is 2.35. The van der Waals surface area contributed by atoms with E-state index in [1.165, 1.54) is 7.11 Å². The molecule has 26 heavy (non-hydrogen) atoms. The molecule has 2 aromatic carbocycles. The Balaban J connectivity index is 1.73. The van der Waals surface area contributed by atoms with Crippen LogP contribution in [0, 0.1) is 12.8 Å². The molecule has 1 aliphatic heterocycles. The van der Waals surface area contributed by atoms with E-state index in [0.717, 1.165) is 11.3 Å². The maximum atomic E-state index is 12.6. The van der Waals surface area contributed by atoms with Gasteiger partial charge < -0.3 is 15.0 Å². The van der Waals surface area contributed by atoms with E-state index < -0.39 is 5.92 Å². The fraction of sp³-hybridized carbons (Fsp3) is 0.263. The number of methoxy groups -OCH3 is 1. The van der Waals surface area contributed by atoms with Crippen molar-refractivity contribution in [2.24, 2.45) is 5.92 Å². The molecule has 0 bridgehead atoms. The van der Waals surface area contributed by atoms with Crippen LogP contribution in [0.2, 0.25) is 10.0 Å². The number of hydrogen-bond donors (Lipinski definition) is 1. The molecule has 1 atom stereocenters. The Kier molecular flexibility index (Phi) is 5.39. The lowest BCUT2D eigenvalue weighted by molar-refractivity contribution is -0.122. The molecule has 0 aliphatic carbocycles. The summed E-state index contributed by atoms with van der Waals surface area (Å²) in [5.41, 5.74) is 2.24. The minimum absolute atomic E-state index is 0.0942. The molecule has 1 N–H and O–H groups in total. The summed E-state index contributed by atoms with van der Waals surface area (Å²) >= 11 is 12.1. The van der Waals surface area contributed by atoms with Crippen LogP contribution in [0.1, 0.15) is 12.0 Å². The first-order valence-corrected chi connectivity index (χ1v) is 8.85. The highest BCUT2D eigenvalue weighted by Crippen LogP contribution is 2.31. The van der Waals surface area contributed by atoms with Gasteiger partial charge in [-0.15, -0.1) is 0 Å². The summed E-state index contributed by atoms with van der Waals surface area (Å²) in [7, 11) is 1.52. The summed E-state index contributed by atoms with van der Waals surface area (Å²) in [5, 5.41) is 3.77. The molecule has 0 radical (unpaired) electrons. The van der Waals surface area contributed by atoms with Crippen LogP contribution in [0.3, 0.4) is 0 Å². The quantitative estimate of drug-likeness (QED) is 0.843. The highest BCUT2D eigenvalue weighted by atomic mass is 35.5. The first-order valence-electron chi connectivity index (χ1n) is 8.10. The van der Waals surface area contributed by atoms with Gasteiger partial charge in [-0.3, -0.25) is 9.59 Å². The maximum absolute atomic E-state index is 12.6. The second kappa shape index (κ2) is 7.56. The molecule has 3 rings (SSSR count). The Hall–Kier alpha value is -2.24. The molecule has 7 heteroatoms. The number of benzene rings is 2. The van der Waals surface area contributed by atoms with Crippen molar-refractivity contribution in [2.45, 2.75) is 13.3 Å². The van der Waals surface area contributed by atoms with E-state index in [1.54, 1.807) is 35.2 Å². The number of rotatable bonds is 4. The molecule has 1 unspecified atom stereocenters. The Morgan fingerprint density at radius 1 is 1.23 bits per heavy atom. The zero-order chi connectivity index (χ0) is 18.8. The van der Waals surface area contributed by atoms with Gasteiger partial charge in [0.1, 0.15) is 5.75 Å². The minimum Gasteiger partial charge on any atom is -0.495 e. The molecular weight excluding hydrogens is 375 g/mol. The van der Waals surface area contributed by atoms with Crippen LogP contribution < -0.4 is 15.0 Å². The van der Waals surface area contributed by atoms with Crippen molar-refractivity contribution < 1.29 is 14.3 Å². The predicted octanol–water partition coefficient (Wildman–Crippen LogP) is 4.30. The molecular formula is C19H18Cl2N2O3. The number of carbonyl (C=O) groups excluding carboxylic acids is 2. The number of hydrogen-bond acceptors (Lipinski definition) is 3. The maximum Gasteiger partial charge on any atom is 0.229 e. The number of nitrogens with zero attached hydrogens (tertiary/aromatic N) is 1. The number of aryl methyl sites for hydroxylation is 1. The second-order valence-corrected chi connectivity index (χ2v) is 7.02. The average Bonchev–Trinajstić information content (AvgIpc) is 2.99. The monoisotopic (exact) mass is 392 g/mol. The van der Waals surface area contributed by atoms with Gasteiger partial charge in [-0.1, -0.05) is 29.3 Å². The van der Waals surface area contributed by atoms with Crippen molar-refractivity contribution in [3.63, 3.8) is 0 Å². The molecule has 1 heterocycles. The molecule has 0 aromatic heterocycles. The van der Waals surface area contributed by atoms with E-state index in [-0.39, 0.29) is 18.2 Å². The minimum atomic E-state index is -0.443. The Morgan fingerprint density at radius 2 is 2.00 bits per heavy atom. The van der Waals surface area contributed by atoms with Crippen molar-refractivity contribution in [1.82, 2.24) is 0 Å². The third-order valence-electron chi connectivity index (χ3n) is 4.38. The second-order valence-electron chi connectivity index (χ2n) is 6.17. The highest BCUT2D eigenvalue weighted by molar-refractivity contribution is 6.32. The topological polar surface area (TPSA) is 58.6 Å². The third-order valence-corrected chi connectivity index (χ3v) is 4.91. The third kappa shape index (κ3) is 3.79. The van der Waals surface area contributed by atoms with Gasteiger partial charge in [-0.05, 0) is 42.8 Å². The summed E-state index contributed by atoms with van der Waals surface area (Å²) in [5.74, 6) is -0.227. The van der Waals surface area contributed by atoms with Crippen molar-refractivity contribution in [3.05, 3.63) is 52.0 Å². The van der Waals surface area contributed by atoms with Crippen LogP contribution >= 0.6 is 23.2 Å². The number of nitrogens with one attached hydrogen (secondary N) is 1. The predicted molar refractivity (Wildman–Crippen MR) is 103 cm³/mol. The number of anilines is 2. The van der Waals surface area contributed by atoms with E-state index >= 15 is 0 Å². The van der Waals surface area contributed by atoms with Gasteiger partial charge in [0.05, 0.1) is 18.1 Å². The first-order chi connectivity index (χ1) is 12.4. The van der Waals surface area contributed by atoms with Crippen molar-refractivity contribution in [2.75, 3.05) is 23.9 Å². The number of ether oxygens (including phenoxy) is 1. The van der Waals surface area contributed by atoms with Crippen LogP contribution in [0.4, 0.5) is 11.4 Å². The summed E-state index contributed by atoms with van der Waals surface area (Å²) in [6, 6.07) is 10.4. The van der Waals surface area contributed by atoms with E-state index in [1.807, 2.05) is 13.0 Å². The zero-order valence-electron chi connectivity index (χ0n) is 14.4. The fourth-order valence-corrected chi connectivity index (χ4v) is 3.40. The molecule has 1 saturated heterocycles. The standard InChI is InChI=1S/C19H18Cl2N2O3/c1-11-3-4-13(20)8-16(11)23-10-12(7-18(23)24)19(25)22-14-5-6-17(26-2)15(21)9-14/h3-6,8-9,12H,7,10H2,1-2H3,(H,22,25). The number of amides is 2. The Morgan fingerprint density at radius 3 is 2.69 bits per heavy atom. The summed E-state index contributed by atoms with van der Waals surface area (Å²) < 4.78 is 5.10. The van der Waals surface area contributed by atoms with Crippen molar-refractivity contribution >= 4 is 46.4 Å². The van der Waals surface area contributed by atoms with Gasteiger partial charge in [0, 0.05) is 29.4 Å². The number of halogens is 2. The molecule has 0 saturated carbocycles. The van der Waals surface area contributed by atoms with E-state index in [0.29, 0.717) is 28.0 Å². The van der Waals surface area contributed by atoms with Crippen LogP contribution in [-0.4, -0.2) is 25.5 Å². The molecule has 2 aromatic rings. The van der Waals surface area contributed by atoms with Crippen molar-refractivity contribution in [3.8, 4) is 5.75 Å². The van der Waals surface area contributed by atoms with Gasteiger partial charge in [-0.25, -0.2) is 0 Å². The largest absolute Gasteiger partial charge is 0.495 e. The normalized spacial score (nSPS) is 16.7. The van der Waals surface area contributed by atoms with Crippen LogP contribution in [0.5, 0.6) is 5.75 Å². The summed E-state index contributed by atoms with van der Waals surface area (Å²) in [4.78, 5) is 26.6. The lowest BCUT2D eigenvalue weighted by Gasteiger charge is -2.19. The van der Waals surface area contributed by atoms with Crippen LogP contribution in [0.15, 0.2) is 36.4 Å². The first kappa shape index (κ1) is 18.5. The van der Waals surface area contributed by atoms with Crippen LogP contribution in [0.25, 0.3) is 0 Å². The fourth-order valence-electron chi connectivity index (χ4n) is 2.98. The van der Waals surface area contributed by atoms with Gasteiger partial charge in [0.25, 0.3) is 0 Å². The lowest BCUT2D eigenvalue weighted by Crippen LogP contribution is -2.28. The smallest absolute Gasteiger partial charge is 0.229 e. The van der Waals surface area contributed by atoms with Crippen molar-refractivity contribution in [1.29, 1.82) is 0 Å². The lowest BCUT2D eigenvalue weighted by atomic mass is 10.1. The Labute approximate surface area is 161 Å². The molecule has 2 amide bonds. The molecule has 1 aliphatic rings. The Bertz CT molecular complexity index is 870. The SMILES string of the molecule is COc1ccc(NC(=O)C2CC(=O)N(c3cc(Cl)ccc3C)C2)cc1Cl. The summed E-state index contributed by atoms with van der Waals surface area (Å²) in [6.45, 7) is 2.22. The molecule has 5 nitrogen and oxygen atoms in total. The molecule has 136 valence electrons. The van der Waals surface area contributed by atoms with Gasteiger partial charge >= 0.3 is 0 Å². The summed E-state index contributed by atoms with van der Waals surface area (Å²) in [6.07, 6.45) is 0.154. The van der Waals surface area contributed by atoms with Gasteiger partial charge in [0.2, 0.25) is 11.8 Å². The van der Waals surface area contributed by atoms with Crippen LogP contribution in [-0.2, 0) is 9.59 Å². The number of carbonyl (C=O) groups is 2. The molecule has 1 fully saturated rings. The van der Waals surface area contributed by atoms with E-state index in [2.05, 4.69) is 5.32 Å². The average molecular weight is 393 g/mol. The molecule has 0 spiro atoms. The van der Waals surface area contributed by atoms with Gasteiger partial charge in [-0.2, -0.15) is 0 Å². The van der Waals surface area contributed by atoms with E-state index in [9.17, 15) is 9.59 Å².